The molecule has 0 aromatic heterocycles. The summed E-state index contributed by atoms with van der Waals surface area (Å²) in [6.07, 6.45) is 0. The van der Waals surface area contributed by atoms with E-state index in [2.05, 4.69) is 16.2 Å². The molecule has 11 heteroatoms. The van der Waals surface area contributed by atoms with Crippen molar-refractivity contribution in [3.8, 4) is 0 Å². The second-order valence-electron chi connectivity index (χ2n) is 5.45. The Morgan fingerprint density at radius 3 is 2.35 bits per heavy atom. The van der Waals surface area contributed by atoms with E-state index >= 15 is 0 Å². The Balaban J connectivity index is 2.16. The molecule has 26 heavy (non-hydrogen) atoms. The first-order chi connectivity index (χ1) is 12.1. The van der Waals surface area contributed by atoms with Crippen LogP contribution in [0.3, 0.4) is 0 Å². The number of primary sulfonamides is 1. The molecule has 0 aliphatic rings. The van der Waals surface area contributed by atoms with Crippen molar-refractivity contribution < 1.29 is 13.3 Å². The van der Waals surface area contributed by atoms with Crippen LogP contribution < -0.4 is 21.3 Å². The molecule has 0 saturated carbocycles. The summed E-state index contributed by atoms with van der Waals surface area (Å²) in [6.45, 7) is 3.84. The third-order valence-electron chi connectivity index (χ3n) is 3.52. The number of anilines is 2. The van der Waals surface area contributed by atoms with Gasteiger partial charge in [-0.15, -0.1) is 0 Å². The molecule has 138 valence electrons. The van der Waals surface area contributed by atoms with Gasteiger partial charge in [0.25, 0.3) is 5.69 Å². The van der Waals surface area contributed by atoms with Gasteiger partial charge in [-0.25, -0.2) is 13.6 Å². The smallest absolute Gasteiger partial charge is 0.295 e. The van der Waals surface area contributed by atoms with Crippen molar-refractivity contribution >= 4 is 44.4 Å². The van der Waals surface area contributed by atoms with Gasteiger partial charge in [0.1, 0.15) is 5.69 Å². The van der Waals surface area contributed by atoms with Gasteiger partial charge in [-0.05, 0) is 49.3 Å². The zero-order valence-electron chi connectivity index (χ0n) is 13.9. The highest BCUT2D eigenvalue weighted by atomic mass is 32.2. The Labute approximate surface area is 155 Å². The summed E-state index contributed by atoms with van der Waals surface area (Å²) in [6, 6.07) is 9.02. The fourth-order valence-electron chi connectivity index (χ4n) is 2.23. The van der Waals surface area contributed by atoms with Gasteiger partial charge in [-0.2, -0.15) is 0 Å². The predicted octanol–water partition coefficient (Wildman–Crippen LogP) is 2.17. The van der Waals surface area contributed by atoms with Gasteiger partial charge in [-0.1, -0.05) is 18.2 Å². The van der Waals surface area contributed by atoms with Crippen molar-refractivity contribution in [1.29, 1.82) is 0 Å². The standard InChI is InChI=1S/C15H17N5O4S2/c1-9-4-3-5-10(2)14(9)17-15(25)19-18-12-7-6-11(26(16,23)24)8-13(12)20(21)22/h3-8,18H,1-2H3,(H2,16,23,24)(H2,17,19,25). The molecule has 0 fully saturated rings. The number of hydrogen-bond donors (Lipinski definition) is 4. The molecule has 0 saturated heterocycles. The van der Waals surface area contributed by atoms with Crippen molar-refractivity contribution in [2.75, 3.05) is 10.7 Å². The maximum atomic E-state index is 11.3. The largest absolute Gasteiger partial charge is 0.331 e. The van der Waals surface area contributed by atoms with Gasteiger partial charge in [-0.3, -0.25) is 21.0 Å². The topological polar surface area (TPSA) is 139 Å². The van der Waals surface area contributed by atoms with Gasteiger partial charge >= 0.3 is 0 Å². The number of hydrogen-bond acceptors (Lipinski definition) is 6. The fourth-order valence-corrected chi connectivity index (χ4v) is 2.91. The van der Waals surface area contributed by atoms with Crippen molar-refractivity contribution in [2.24, 2.45) is 5.14 Å². The summed E-state index contributed by atoms with van der Waals surface area (Å²) in [5.41, 5.74) is 7.61. The van der Waals surface area contributed by atoms with E-state index < -0.39 is 20.6 Å². The van der Waals surface area contributed by atoms with Crippen LogP contribution >= 0.6 is 12.2 Å². The third kappa shape index (κ3) is 4.65. The van der Waals surface area contributed by atoms with Gasteiger partial charge in [0.05, 0.1) is 9.82 Å². The Kier molecular flexibility index (Phi) is 5.75. The van der Waals surface area contributed by atoms with Crippen LogP contribution in [0.15, 0.2) is 41.3 Å². The Bertz CT molecular complexity index is 956. The number of nitrogens with two attached hydrogens (primary N) is 1. The van der Waals surface area contributed by atoms with Gasteiger partial charge < -0.3 is 5.32 Å². The van der Waals surface area contributed by atoms with Crippen molar-refractivity contribution in [2.45, 2.75) is 18.7 Å². The number of thiocarbonyl (C=S) groups is 1. The van der Waals surface area contributed by atoms with E-state index in [-0.39, 0.29) is 15.7 Å². The highest BCUT2D eigenvalue weighted by molar-refractivity contribution is 7.89. The first-order valence-electron chi connectivity index (χ1n) is 7.30. The van der Waals surface area contributed by atoms with Crippen LogP contribution in [0.5, 0.6) is 0 Å². The maximum Gasteiger partial charge on any atom is 0.295 e. The number of hydrazine groups is 1. The number of nitro groups is 1. The molecule has 0 amide bonds. The summed E-state index contributed by atoms with van der Waals surface area (Å²) in [7, 11) is -4.05. The zero-order chi connectivity index (χ0) is 19.5. The minimum atomic E-state index is -4.05. The van der Waals surface area contributed by atoms with E-state index in [0.29, 0.717) is 0 Å². The van der Waals surface area contributed by atoms with Gasteiger partial charge in [0, 0.05) is 11.8 Å². The van der Waals surface area contributed by atoms with Crippen LogP contribution in [-0.4, -0.2) is 18.5 Å². The molecule has 0 bridgehead atoms. The SMILES string of the molecule is Cc1cccc(C)c1NC(=S)NNc1ccc(S(N)(=O)=O)cc1[N+](=O)[O-]. The third-order valence-corrected chi connectivity index (χ3v) is 4.64. The number of nitrogens with one attached hydrogen (secondary N) is 3. The molecule has 0 radical (unpaired) electrons. The Morgan fingerprint density at radius 1 is 1.19 bits per heavy atom. The quantitative estimate of drug-likeness (QED) is 0.343. The number of benzene rings is 2. The summed E-state index contributed by atoms with van der Waals surface area (Å²) >= 11 is 5.18. The first kappa shape index (κ1) is 19.6. The molecular weight excluding hydrogens is 378 g/mol. The van der Waals surface area contributed by atoms with E-state index in [0.717, 1.165) is 28.9 Å². The molecule has 0 aliphatic carbocycles. The van der Waals surface area contributed by atoms with E-state index in [1.54, 1.807) is 0 Å². The lowest BCUT2D eigenvalue weighted by atomic mass is 10.1. The van der Waals surface area contributed by atoms with E-state index in [1.807, 2.05) is 32.0 Å². The molecule has 5 N–H and O–H groups in total. The monoisotopic (exact) mass is 395 g/mol. The number of rotatable bonds is 5. The zero-order valence-corrected chi connectivity index (χ0v) is 15.6. The molecule has 0 heterocycles. The molecule has 2 rings (SSSR count). The number of aryl methyl sites for hydroxylation is 2. The van der Waals surface area contributed by atoms with Crippen LogP contribution in [0.25, 0.3) is 0 Å². The van der Waals surface area contributed by atoms with Crippen LogP contribution in [0.4, 0.5) is 17.1 Å². The summed E-state index contributed by atoms with van der Waals surface area (Å²) in [5, 5.41) is 19.4. The second kappa shape index (κ2) is 7.64. The Morgan fingerprint density at radius 2 is 1.81 bits per heavy atom. The number of nitrogens with zero attached hydrogens (tertiary/aromatic N) is 1. The van der Waals surface area contributed by atoms with E-state index in [1.165, 1.54) is 6.07 Å². The van der Waals surface area contributed by atoms with Crippen LogP contribution in [0.2, 0.25) is 0 Å². The lowest BCUT2D eigenvalue weighted by Gasteiger charge is -2.16. The van der Waals surface area contributed by atoms with Crippen LogP contribution in [-0.2, 0) is 10.0 Å². The molecule has 0 spiro atoms. The Hall–Kier alpha value is -2.76. The van der Waals surface area contributed by atoms with Crippen LogP contribution in [0.1, 0.15) is 11.1 Å². The molecule has 0 aliphatic heterocycles. The van der Waals surface area contributed by atoms with E-state index in [9.17, 15) is 18.5 Å². The molecular formula is C15H17N5O4S2. The predicted molar refractivity (Wildman–Crippen MR) is 103 cm³/mol. The molecule has 0 unspecified atom stereocenters. The molecule has 2 aromatic carbocycles. The van der Waals surface area contributed by atoms with Crippen LogP contribution in [0, 0.1) is 24.0 Å². The number of sulfonamides is 1. The normalized spacial score (nSPS) is 10.9. The minimum Gasteiger partial charge on any atom is -0.331 e. The fraction of sp³-hybridized carbons (Fsp3) is 0.133. The highest BCUT2D eigenvalue weighted by Crippen LogP contribution is 2.26. The highest BCUT2D eigenvalue weighted by Gasteiger charge is 2.19. The molecule has 9 nitrogen and oxygen atoms in total. The summed E-state index contributed by atoms with van der Waals surface area (Å²) < 4.78 is 22.7. The van der Waals surface area contributed by atoms with Crippen molar-refractivity contribution in [3.05, 3.63) is 57.6 Å². The summed E-state index contributed by atoms with van der Waals surface area (Å²) in [4.78, 5) is 10.1. The summed E-state index contributed by atoms with van der Waals surface area (Å²) in [5.74, 6) is 0. The van der Waals surface area contributed by atoms with Gasteiger partial charge in [0.2, 0.25) is 10.0 Å². The number of nitro benzene ring substituents is 1. The van der Waals surface area contributed by atoms with E-state index in [4.69, 9.17) is 17.4 Å². The average molecular weight is 395 g/mol. The van der Waals surface area contributed by atoms with Crippen molar-refractivity contribution in [1.82, 2.24) is 5.43 Å². The van der Waals surface area contributed by atoms with Crippen molar-refractivity contribution in [3.63, 3.8) is 0 Å². The molecule has 0 atom stereocenters. The van der Waals surface area contributed by atoms with Gasteiger partial charge in [0.15, 0.2) is 5.11 Å². The number of para-hydroxylation sites is 1. The molecule has 2 aromatic rings. The second-order valence-corrected chi connectivity index (χ2v) is 7.42. The first-order valence-corrected chi connectivity index (χ1v) is 9.25. The lowest BCUT2D eigenvalue weighted by Crippen LogP contribution is -2.34. The minimum absolute atomic E-state index is 0.0352. The lowest BCUT2D eigenvalue weighted by molar-refractivity contribution is -0.384. The maximum absolute atomic E-state index is 11.3. The average Bonchev–Trinajstić information content (AvgIpc) is 2.55.